The van der Waals surface area contributed by atoms with E-state index in [1.165, 1.54) is 12.1 Å². The third-order valence-electron chi connectivity index (χ3n) is 2.73. The van der Waals surface area contributed by atoms with Crippen LogP contribution in [-0.4, -0.2) is 16.9 Å². The first-order chi connectivity index (χ1) is 11.2. The first kappa shape index (κ1) is 17.7. The number of carbonyl (C=O) groups excluding carboxylic acids is 2. The Morgan fingerprint density at radius 3 is 2.33 bits per heavy atom. The number of halogens is 5. The van der Waals surface area contributed by atoms with Gasteiger partial charge in [0, 0.05) is 0 Å². The van der Waals surface area contributed by atoms with Crippen molar-refractivity contribution in [1.82, 2.24) is 10.3 Å². The van der Waals surface area contributed by atoms with Gasteiger partial charge in [-0.1, -0.05) is 23.7 Å². The lowest BCUT2D eigenvalue weighted by atomic mass is 10.2. The van der Waals surface area contributed by atoms with Crippen molar-refractivity contribution in [2.24, 2.45) is 0 Å². The molecule has 1 aromatic heterocycles. The minimum Gasteiger partial charge on any atom is -0.306 e. The maximum Gasteiger partial charge on any atom is 0.433 e. The van der Waals surface area contributed by atoms with E-state index in [-0.39, 0.29) is 10.7 Å². The van der Waals surface area contributed by atoms with E-state index in [9.17, 15) is 27.2 Å². The predicted molar refractivity (Wildman–Crippen MR) is 77.1 cm³/mol. The highest BCUT2D eigenvalue weighted by molar-refractivity contribution is 6.33. The molecule has 0 saturated heterocycles. The van der Waals surface area contributed by atoms with Crippen molar-refractivity contribution in [2.75, 3.05) is 5.32 Å². The smallest absolute Gasteiger partial charge is 0.306 e. The molecule has 10 heteroatoms. The van der Waals surface area contributed by atoms with Crippen molar-refractivity contribution in [2.45, 2.75) is 6.18 Å². The number of rotatable bonds is 2. The van der Waals surface area contributed by atoms with Gasteiger partial charge in [-0.25, -0.2) is 9.78 Å². The molecule has 0 aliphatic carbocycles. The molecule has 3 amide bonds. The summed E-state index contributed by atoms with van der Waals surface area (Å²) in [5.41, 5.74) is -2.11. The summed E-state index contributed by atoms with van der Waals surface area (Å²) in [6.45, 7) is 0. The summed E-state index contributed by atoms with van der Waals surface area (Å²) >= 11 is 5.80. The Bertz CT molecular complexity index is 796. The number of imide groups is 1. The van der Waals surface area contributed by atoms with Crippen LogP contribution in [-0.2, 0) is 6.18 Å². The molecular formula is C14H8ClF4N3O2. The molecule has 0 radical (unpaired) electrons. The number of urea groups is 1. The minimum absolute atomic E-state index is 0.190. The maximum absolute atomic E-state index is 13.5. The van der Waals surface area contributed by atoms with E-state index >= 15 is 0 Å². The highest BCUT2D eigenvalue weighted by Crippen LogP contribution is 2.28. The summed E-state index contributed by atoms with van der Waals surface area (Å²) in [4.78, 5) is 26.1. The van der Waals surface area contributed by atoms with E-state index in [1.807, 2.05) is 0 Å². The van der Waals surface area contributed by atoms with Crippen molar-refractivity contribution in [3.8, 4) is 0 Å². The number of amides is 3. The first-order valence-electron chi connectivity index (χ1n) is 6.29. The fourth-order valence-corrected chi connectivity index (χ4v) is 1.83. The van der Waals surface area contributed by atoms with Gasteiger partial charge in [-0.15, -0.1) is 0 Å². The van der Waals surface area contributed by atoms with Gasteiger partial charge in [-0.3, -0.25) is 10.1 Å². The number of benzene rings is 1. The van der Waals surface area contributed by atoms with Gasteiger partial charge in [0.2, 0.25) is 5.95 Å². The fraction of sp³-hybridized carbons (Fsp3) is 0.0714. The van der Waals surface area contributed by atoms with Crippen LogP contribution >= 0.6 is 11.6 Å². The van der Waals surface area contributed by atoms with Crippen LogP contribution in [0.4, 0.5) is 28.0 Å². The van der Waals surface area contributed by atoms with Crippen molar-refractivity contribution in [1.29, 1.82) is 0 Å². The highest BCUT2D eigenvalue weighted by Gasteiger charge is 2.33. The lowest BCUT2D eigenvalue weighted by Crippen LogP contribution is -2.35. The van der Waals surface area contributed by atoms with Gasteiger partial charge in [-0.05, 0) is 24.3 Å². The van der Waals surface area contributed by atoms with E-state index in [0.717, 1.165) is 0 Å². The van der Waals surface area contributed by atoms with Crippen LogP contribution in [0.3, 0.4) is 0 Å². The number of nitrogens with zero attached hydrogens (tertiary/aromatic N) is 1. The van der Waals surface area contributed by atoms with Crippen LogP contribution in [0.25, 0.3) is 0 Å². The number of hydrogen-bond acceptors (Lipinski definition) is 3. The zero-order valence-electron chi connectivity index (χ0n) is 11.6. The molecule has 0 aliphatic rings. The molecule has 0 bridgehead atoms. The van der Waals surface area contributed by atoms with E-state index in [4.69, 9.17) is 11.6 Å². The molecule has 0 atom stereocenters. The van der Waals surface area contributed by atoms with Crippen LogP contribution in [0.1, 0.15) is 16.1 Å². The average molecular weight is 362 g/mol. The molecule has 24 heavy (non-hydrogen) atoms. The number of para-hydroxylation sites is 1. The van der Waals surface area contributed by atoms with Crippen LogP contribution < -0.4 is 10.6 Å². The second-order valence-electron chi connectivity index (χ2n) is 4.42. The normalized spacial score (nSPS) is 11.0. The van der Waals surface area contributed by atoms with E-state index in [0.29, 0.717) is 12.1 Å². The predicted octanol–water partition coefficient (Wildman–Crippen LogP) is 3.85. The SMILES string of the molecule is O=C(NC(=O)c1ccc(C(F)(F)F)nc1F)Nc1ccccc1Cl. The summed E-state index contributed by atoms with van der Waals surface area (Å²) in [6, 6.07) is 6.10. The third-order valence-corrected chi connectivity index (χ3v) is 3.06. The van der Waals surface area contributed by atoms with Crippen molar-refractivity contribution >= 4 is 29.2 Å². The van der Waals surface area contributed by atoms with Gasteiger partial charge in [0.05, 0.1) is 16.3 Å². The Morgan fingerprint density at radius 1 is 1.08 bits per heavy atom. The number of pyridine rings is 1. The standard InChI is InChI=1S/C14H8ClF4N3O2/c15-8-3-1-2-4-9(8)20-13(24)22-12(23)7-5-6-10(14(17,18)19)21-11(7)16/h1-6H,(H2,20,22,23,24). The molecule has 1 heterocycles. The second kappa shape index (κ2) is 6.83. The Morgan fingerprint density at radius 2 is 1.75 bits per heavy atom. The van der Waals surface area contributed by atoms with E-state index < -0.39 is 35.3 Å². The topological polar surface area (TPSA) is 71.1 Å². The Balaban J connectivity index is 2.10. The van der Waals surface area contributed by atoms with E-state index in [1.54, 1.807) is 17.4 Å². The minimum atomic E-state index is -4.85. The molecule has 126 valence electrons. The molecule has 0 unspecified atom stereocenters. The molecule has 1 aromatic carbocycles. The second-order valence-corrected chi connectivity index (χ2v) is 4.83. The van der Waals surface area contributed by atoms with Crippen LogP contribution in [0, 0.1) is 5.95 Å². The summed E-state index contributed by atoms with van der Waals surface area (Å²) in [6.07, 6.45) is -4.85. The monoisotopic (exact) mass is 361 g/mol. The quantitative estimate of drug-likeness (QED) is 0.630. The van der Waals surface area contributed by atoms with Gasteiger partial charge in [0.1, 0.15) is 5.69 Å². The molecule has 0 spiro atoms. The zero-order valence-corrected chi connectivity index (χ0v) is 12.4. The molecule has 5 nitrogen and oxygen atoms in total. The summed E-state index contributed by atoms with van der Waals surface area (Å²) < 4.78 is 50.7. The number of anilines is 1. The Hall–Kier alpha value is -2.68. The number of alkyl halides is 3. The van der Waals surface area contributed by atoms with Gasteiger partial charge in [-0.2, -0.15) is 17.6 Å². The van der Waals surface area contributed by atoms with Gasteiger partial charge in [0.25, 0.3) is 5.91 Å². The molecule has 2 rings (SSSR count). The van der Waals surface area contributed by atoms with Gasteiger partial charge in [0.15, 0.2) is 0 Å². The summed E-state index contributed by atoms with van der Waals surface area (Å²) in [5.74, 6) is -2.90. The number of aromatic nitrogens is 1. The largest absolute Gasteiger partial charge is 0.433 e. The van der Waals surface area contributed by atoms with E-state index in [2.05, 4.69) is 10.3 Å². The lowest BCUT2D eigenvalue weighted by molar-refractivity contribution is -0.141. The summed E-state index contributed by atoms with van der Waals surface area (Å²) in [7, 11) is 0. The van der Waals surface area contributed by atoms with Crippen molar-refractivity contribution in [3.63, 3.8) is 0 Å². The molecule has 0 fully saturated rings. The number of carbonyl (C=O) groups is 2. The Labute approximate surface area is 137 Å². The molecule has 0 saturated carbocycles. The summed E-state index contributed by atoms with van der Waals surface area (Å²) in [5, 5.41) is 4.20. The number of hydrogen-bond donors (Lipinski definition) is 2. The lowest BCUT2D eigenvalue weighted by Gasteiger charge is -2.09. The first-order valence-corrected chi connectivity index (χ1v) is 6.67. The van der Waals surface area contributed by atoms with Gasteiger partial charge < -0.3 is 5.32 Å². The van der Waals surface area contributed by atoms with Crippen LogP contribution in [0.2, 0.25) is 5.02 Å². The number of nitrogens with one attached hydrogen (secondary N) is 2. The fourth-order valence-electron chi connectivity index (χ4n) is 1.65. The average Bonchev–Trinajstić information content (AvgIpc) is 2.48. The van der Waals surface area contributed by atoms with Crippen molar-refractivity contribution < 1.29 is 27.2 Å². The maximum atomic E-state index is 13.5. The zero-order chi connectivity index (χ0) is 17.9. The van der Waals surface area contributed by atoms with Crippen LogP contribution in [0.5, 0.6) is 0 Å². The third kappa shape index (κ3) is 4.19. The van der Waals surface area contributed by atoms with Gasteiger partial charge >= 0.3 is 12.2 Å². The molecular weight excluding hydrogens is 354 g/mol. The highest BCUT2D eigenvalue weighted by atomic mass is 35.5. The molecule has 0 aliphatic heterocycles. The van der Waals surface area contributed by atoms with Crippen LogP contribution in [0.15, 0.2) is 36.4 Å². The molecule has 2 N–H and O–H groups in total. The Kier molecular flexibility index (Phi) is 5.03. The molecule has 2 aromatic rings. The van der Waals surface area contributed by atoms with Crippen molar-refractivity contribution in [3.05, 3.63) is 58.6 Å².